The van der Waals surface area contributed by atoms with Crippen LogP contribution in [0.25, 0.3) is 0 Å². The van der Waals surface area contributed by atoms with Crippen LogP contribution in [0.1, 0.15) is 60.1 Å². The molecule has 1 aromatic rings. The average molecular weight is 376 g/mol. The maximum Gasteiger partial charge on any atom is 0.263 e. The van der Waals surface area contributed by atoms with E-state index >= 15 is 0 Å². The van der Waals surface area contributed by atoms with Gasteiger partial charge in [-0.1, -0.05) is 12.8 Å². The van der Waals surface area contributed by atoms with Crippen LogP contribution in [0.2, 0.25) is 0 Å². The van der Waals surface area contributed by atoms with Gasteiger partial charge in [0, 0.05) is 45.0 Å². The first-order valence-electron chi connectivity index (χ1n) is 10.1. The molecule has 0 bridgehead atoms. The van der Waals surface area contributed by atoms with Crippen LogP contribution in [0, 0.1) is 19.8 Å². The number of amides is 1. The van der Waals surface area contributed by atoms with Crippen molar-refractivity contribution in [2.24, 2.45) is 5.92 Å². The number of pyridine rings is 1. The third kappa shape index (κ3) is 3.97. The third-order valence-electron chi connectivity index (χ3n) is 6.36. The van der Waals surface area contributed by atoms with E-state index in [4.69, 9.17) is 4.74 Å². The van der Waals surface area contributed by atoms with Crippen molar-refractivity contribution < 1.29 is 14.6 Å². The average Bonchev–Trinajstić information content (AvgIpc) is 2.63. The minimum absolute atomic E-state index is 0.124. The minimum Gasteiger partial charge on any atom is -0.389 e. The summed E-state index contributed by atoms with van der Waals surface area (Å²) in [6.45, 7) is 5.92. The van der Waals surface area contributed by atoms with E-state index in [9.17, 15) is 14.7 Å². The third-order valence-corrected chi connectivity index (χ3v) is 6.36. The largest absolute Gasteiger partial charge is 0.389 e. The highest BCUT2D eigenvalue weighted by atomic mass is 16.5. The highest BCUT2D eigenvalue weighted by Crippen LogP contribution is 2.40. The maximum atomic E-state index is 13.2. The van der Waals surface area contributed by atoms with Crippen LogP contribution in [0.3, 0.4) is 0 Å². The number of hydrogen-bond acceptors (Lipinski definition) is 4. The molecule has 2 heterocycles. The van der Waals surface area contributed by atoms with E-state index < -0.39 is 5.60 Å². The van der Waals surface area contributed by atoms with E-state index in [1.165, 1.54) is 0 Å². The lowest BCUT2D eigenvalue weighted by molar-refractivity contribution is -0.0886. The van der Waals surface area contributed by atoms with Gasteiger partial charge < -0.3 is 19.3 Å². The number of aryl methyl sites for hydroxylation is 2. The van der Waals surface area contributed by atoms with Gasteiger partial charge in [-0.25, -0.2) is 0 Å². The molecule has 0 unspecified atom stereocenters. The van der Waals surface area contributed by atoms with Gasteiger partial charge in [-0.3, -0.25) is 9.59 Å². The molecule has 150 valence electrons. The smallest absolute Gasteiger partial charge is 0.263 e. The van der Waals surface area contributed by atoms with Crippen LogP contribution < -0.4 is 5.56 Å². The molecule has 0 radical (unpaired) electrons. The molecule has 0 aromatic carbocycles. The van der Waals surface area contributed by atoms with Gasteiger partial charge >= 0.3 is 0 Å². The highest BCUT2D eigenvalue weighted by Gasteiger charge is 2.44. The summed E-state index contributed by atoms with van der Waals surface area (Å²) < 4.78 is 6.77. The lowest BCUT2D eigenvalue weighted by atomic mass is 9.71. The molecule has 1 saturated heterocycles. The first kappa shape index (κ1) is 20.1. The lowest BCUT2D eigenvalue weighted by Gasteiger charge is -2.47. The van der Waals surface area contributed by atoms with Crippen molar-refractivity contribution in [1.29, 1.82) is 0 Å². The monoisotopic (exact) mass is 376 g/mol. The van der Waals surface area contributed by atoms with Crippen molar-refractivity contribution in [1.82, 2.24) is 9.47 Å². The van der Waals surface area contributed by atoms with Crippen LogP contribution in [0.15, 0.2) is 10.9 Å². The Morgan fingerprint density at radius 1 is 1.33 bits per heavy atom. The second-order valence-electron chi connectivity index (χ2n) is 8.19. The molecule has 3 rings (SSSR count). The summed E-state index contributed by atoms with van der Waals surface area (Å²) in [5.41, 5.74) is 1.04. The molecule has 6 heteroatoms. The Morgan fingerprint density at radius 2 is 2.11 bits per heavy atom. The van der Waals surface area contributed by atoms with Crippen molar-refractivity contribution >= 4 is 5.91 Å². The quantitative estimate of drug-likeness (QED) is 0.800. The van der Waals surface area contributed by atoms with Gasteiger partial charge in [0.15, 0.2) is 0 Å². The Hall–Kier alpha value is -1.66. The number of aromatic nitrogens is 1. The van der Waals surface area contributed by atoms with E-state index in [1.54, 1.807) is 16.6 Å². The summed E-state index contributed by atoms with van der Waals surface area (Å²) in [6, 6.07) is 1.92. The molecule has 27 heavy (non-hydrogen) atoms. The van der Waals surface area contributed by atoms with E-state index in [2.05, 4.69) is 0 Å². The zero-order valence-corrected chi connectivity index (χ0v) is 16.8. The lowest BCUT2D eigenvalue weighted by Crippen LogP contribution is -2.55. The van der Waals surface area contributed by atoms with Crippen LogP contribution in [-0.2, 0) is 11.3 Å². The Bertz CT molecular complexity index is 757. The Labute approximate surface area is 161 Å². The standard InChI is InChI=1S/C21H32N2O4/c1-15-13-16(2)23(10-6-12-27-3)20(25)18(15)19(24)22-11-9-21(26)8-5-4-7-17(21)14-22/h13,17,26H,4-12,14H2,1-3H3/t17-,21-/m0/s1. The molecular weight excluding hydrogens is 344 g/mol. The molecule has 2 atom stereocenters. The second-order valence-corrected chi connectivity index (χ2v) is 8.19. The van der Waals surface area contributed by atoms with E-state index in [-0.39, 0.29) is 22.9 Å². The van der Waals surface area contributed by atoms with Crippen molar-refractivity contribution in [3.05, 3.63) is 33.2 Å². The SMILES string of the molecule is COCCCn1c(C)cc(C)c(C(=O)N2CC[C@@]3(O)CCCC[C@H]3C2)c1=O. The zero-order chi connectivity index (χ0) is 19.6. The Balaban J connectivity index is 1.84. The fourth-order valence-corrected chi connectivity index (χ4v) is 4.75. The zero-order valence-electron chi connectivity index (χ0n) is 16.8. The molecular formula is C21H32N2O4. The molecule has 6 nitrogen and oxygen atoms in total. The summed E-state index contributed by atoms with van der Waals surface area (Å²) in [4.78, 5) is 28.1. The molecule has 1 amide bonds. The summed E-state index contributed by atoms with van der Waals surface area (Å²) >= 11 is 0. The van der Waals surface area contributed by atoms with Crippen molar-refractivity contribution in [2.75, 3.05) is 26.8 Å². The topological polar surface area (TPSA) is 71.8 Å². The predicted molar refractivity (Wildman–Crippen MR) is 104 cm³/mol. The highest BCUT2D eigenvalue weighted by molar-refractivity contribution is 5.95. The van der Waals surface area contributed by atoms with Gasteiger partial charge in [-0.15, -0.1) is 0 Å². The number of carbonyl (C=O) groups is 1. The van der Waals surface area contributed by atoms with Gasteiger partial charge in [-0.2, -0.15) is 0 Å². The van der Waals surface area contributed by atoms with Gasteiger partial charge in [0.1, 0.15) is 5.56 Å². The van der Waals surface area contributed by atoms with Gasteiger partial charge in [0.05, 0.1) is 5.60 Å². The van der Waals surface area contributed by atoms with Crippen LogP contribution >= 0.6 is 0 Å². The number of rotatable bonds is 5. The summed E-state index contributed by atoms with van der Waals surface area (Å²) in [5.74, 6) is -0.0655. The minimum atomic E-state index is -0.627. The van der Waals surface area contributed by atoms with Gasteiger partial charge in [0.25, 0.3) is 11.5 Å². The molecule has 1 saturated carbocycles. The number of likely N-dealkylation sites (tertiary alicyclic amines) is 1. The van der Waals surface area contributed by atoms with E-state index in [0.717, 1.165) is 43.4 Å². The molecule has 2 fully saturated rings. The molecule has 2 aliphatic rings. The number of aliphatic hydroxyl groups is 1. The maximum absolute atomic E-state index is 13.2. The normalized spacial score (nSPS) is 25.3. The summed E-state index contributed by atoms with van der Waals surface area (Å²) in [5, 5.41) is 10.9. The first-order chi connectivity index (χ1) is 12.9. The molecule has 0 spiro atoms. The molecule has 1 aliphatic heterocycles. The summed E-state index contributed by atoms with van der Waals surface area (Å²) in [6.07, 6.45) is 5.28. The van der Waals surface area contributed by atoms with E-state index in [0.29, 0.717) is 32.7 Å². The number of carbonyl (C=O) groups excluding carboxylic acids is 1. The Kier molecular flexibility index (Phi) is 6.06. The number of fused-ring (bicyclic) bond motifs is 1. The number of piperidine rings is 1. The van der Waals surface area contributed by atoms with Crippen LogP contribution in [0.4, 0.5) is 0 Å². The number of methoxy groups -OCH3 is 1. The fraction of sp³-hybridized carbons (Fsp3) is 0.714. The van der Waals surface area contributed by atoms with Gasteiger partial charge in [-0.05, 0) is 51.2 Å². The number of nitrogens with zero attached hydrogens (tertiary/aromatic N) is 2. The van der Waals surface area contributed by atoms with Gasteiger partial charge in [0.2, 0.25) is 0 Å². The number of ether oxygens (including phenoxy) is 1. The molecule has 1 N–H and O–H groups in total. The van der Waals surface area contributed by atoms with Crippen molar-refractivity contribution in [3.63, 3.8) is 0 Å². The first-order valence-corrected chi connectivity index (χ1v) is 10.1. The molecule has 1 aliphatic carbocycles. The van der Waals surface area contributed by atoms with Crippen molar-refractivity contribution in [2.45, 2.75) is 64.5 Å². The Morgan fingerprint density at radius 3 is 2.85 bits per heavy atom. The predicted octanol–water partition coefficient (Wildman–Crippen LogP) is 2.27. The van der Waals surface area contributed by atoms with Crippen LogP contribution in [0.5, 0.6) is 0 Å². The van der Waals surface area contributed by atoms with E-state index in [1.807, 2.05) is 19.9 Å². The number of hydrogen-bond donors (Lipinski definition) is 1. The molecule has 1 aromatic heterocycles. The summed E-state index contributed by atoms with van der Waals surface area (Å²) in [7, 11) is 1.64. The van der Waals surface area contributed by atoms with Crippen molar-refractivity contribution in [3.8, 4) is 0 Å². The second kappa shape index (κ2) is 8.15. The van der Waals surface area contributed by atoms with Crippen LogP contribution in [-0.4, -0.2) is 52.9 Å². The fourth-order valence-electron chi connectivity index (χ4n) is 4.75.